The zero-order valence-corrected chi connectivity index (χ0v) is 25.1. The second-order valence-corrected chi connectivity index (χ2v) is 13.5. The summed E-state index contributed by atoms with van der Waals surface area (Å²) in [5.41, 5.74) is 7.51. The van der Waals surface area contributed by atoms with Gasteiger partial charge in [0.15, 0.2) is 5.71 Å². The Labute approximate surface area is 238 Å². The smallest absolute Gasteiger partial charge is 0.210 e. The molecule has 0 radical (unpaired) electrons. The van der Waals surface area contributed by atoms with E-state index in [0.29, 0.717) is 12.8 Å². The molecule has 0 fully saturated rings. The molecule has 6 heteroatoms. The van der Waals surface area contributed by atoms with Crippen molar-refractivity contribution in [1.29, 1.82) is 0 Å². The molecule has 5 nitrogen and oxygen atoms in total. The SMILES string of the molecule is CC1=Nc2ccc3ccccc3c2C1(C)C.CC1=[N+](CCCCS(=O)(=O)[O-])c2ccc3ccccc3c2C1(C)C. The molecule has 40 heavy (non-hydrogen) atoms. The van der Waals surface area contributed by atoms with E-state index in [-0.39, 0.29) is 16.6 Å². The maximum absolute atomic E-state index is 10.8. The summed E-state index contributed by atoms with van der Waals surface area (Å²) in [6, 6.07) is 25.5. The first-order valence-electron chi connectivity index (χ1n) is 14.0. The second-order valence-electron chi connectivity index (χ2n) is 12.0. The van der Waals surface area contributed by atoms with E-state index in [0.717, 1.165) is 12.2 Å². The van der Waals surface area contributed by atoms with Crippen LogP contribution in [0.25, 0.3) is 21.5 Å². The Kier molecular flexibility index (Phi) is 7.22. The molecule has 0 spiro atoms. The van der Waals surface area contributed by atoms with Gasteiger partial charge in [0.25, 0.3) is 0 Å². The number of fused-ring (bicyclic) bond motifs is 6. The molecule has 2 aliphatic rings. The molecular weight excluding hydrogens is 516 g/mol. The third-order valence-corrected chi connectivity index (χ3v) is 9.67. The van der Waals surface area contributed by atoms with Gasteiger partial charge in [-0.1, -0.05) is 68.4 Å². The van der Waals surface area contributed by atoms with Gasteiger partial charge < -0.3 is 4.55 Å². The molecule has 0 N–H and O–H groups in total. The lowest BCUT2D eigenvalue weighted by atomic mass is 9.80. The topological polar surface area (TPSA) is 72.6 Å². The van der Waals surface area contributed by atoms with E-state index in [2.05, 4.69) is 118 Å². The molecule has 0 amide bonds. The Hall–Kier alpha value is -3.35. The Morgan fingerprint density at radius 3 is 1.95 bits per heavy atom. The van der Waals surface area contributed by atoms with Gasteiger partial charge in [-0.3, -0.25) is 4.99 Å². The number of unbranched alkanes of at least 4 members (excludes halogenated alkanes) is 1. The Morgan fingerprint density at radius 2 is 1.32 bits per heavy atom. The lowest BCUT2D eigenvalue weighted by Crippen LogP contribution is -2.27. The summed E-state index contributed by atoms with van der Waals surface area (Å²) in [6.45, 7) is 14.0. The van der Waals surface area contributed by atoms with E-state index in [1.807, 2.05) is 6.07 Å². The van der Waals surface area contributed by atoms with Gasteiger partial charge >= 0.3 is 0 Å². The molecule has 208 valence electrons. The number of aliphatic imine (C=N–C) groups is 1. The summed E-state index contributed by atoms with van der Waals surface area (Å²) >= 11 is 0. The number of nitrogens with zero attached hydrogens (tertiary/aromatic N) is 2. The summed E-state index contributed by atoms with van der Waals surface area (Å²) in [6.07, 6.45) is 1.08. The van der Waals surface area contributed by atoms with E-state index in [1.165, 1.54) is 49.8 Å². The molecule has 0 bridgehead atoms. The molecule has 2 aliphatic heterocycles. The quantitative estimate of drug-likeness (QED) is 0.144. The summed E-state index contributed by atoms with van der Waals surface area (Å²) in [5.74, 6) is -0.284. The van der Waals surface area contributed by atoms with Gasteiger partial charge in [0, 0.05) is 41.9 Å². The largest absolute Gasteiger partial charge is 0.748 e. The highest BCUT2D eigenvalue weighted by Gasteiger charge is 2.43. The number of hydrogen-bond acceptors (Lipinski definition) is 4. The highest BCUT2D eigenvalue weighted by molar-refractivity contribution is 7.85. The van der Waals surface area contributed by atoms with E-state index in [9.17, 15) is 13.0 Å². The van der Waals surface area contributed by atoms with Crippen LogP contribution in [-0.2, 0) is 20.9 Å². The van der Waals surface area contributed by atoms with Gasteiger partial charge in [0.2, 0.25) is 5.69 Å². The first kappa shape index (κ1) is 28.2. The molecule has 0 unspecified atom stereocenters. The molecule has 4 aromatic rings. The molecule has 0 saturated heterocycles. The summed E-state index contributed by atoms with van der Waals surface area (Å²) in [7, 11) is -4.12. The fraction of sp³-hybridized carbons (Fsp3) is 0.353. The van der Waals surface area contributed by atoms with Crippen LogP contribution in [0.5, 0.6) is 0 Å². The monoisotopic (exact) mass is 554 g/mol. The van der Waals surface area contributed by atoms with Gasteiger partial charge in [0.1, 0.15) is 6.54 Å². The molecule has 0 atom stereocenters. The van der Waals surface area contributed by atoms with Crippen molar-refractivity contribution >= 4 is 54.5 Å². The van der Waals surface area contributed by atoms with Crippen LogP contribution < -0.4 is 0 Å². The lowest BCUT2D eigenvalue weighted by molar-refractivity contribution is -0.439. The van der Waals surface area contributed by atoms with Crippen molar-refractivity contribution in [2.45, 2.75) is 65.2 Å². The van der Waals surface area contributed by atoms with E-state index in [4.69, 9.17) is 0 Å². The molecule has 6 rings (SSSR count). The highest BCUT2D eigenvalue weighted by atomic mass is 32.2. The lowest BCUT2D eigenvalue weighted by Gasteiger charge is -2.21. The third kappa shape index (κ3) is 4.99. The van der Waals surface area contributed by atoms with Crippen LogP contribution in [0.1, 0.15) is 65.5 Å². The minimum atomic E-state index is -4.12. The Bertz CT molecular complexity index is 1800. The molecule has 4 aromatic carbocycles. The van der Waals surface area contributed by atoms with Crippen molar-refractivity contribution in [2.75, 3.05) is 12.3 Å². The van der Waals surface area contributed by atoms with Gasteiger partial charge in [-0.25, -0.2) is 8.42 Å². The van der Waals surface area contributed by atoms with Gasteiger partial charge in [-0.05, 0) is 66.4 Å². The van der Waals surface area contributed by atoms with Crippen molar-refractivity contribution < 1.29 is 17.5 Å². The molecular formula is C34H38N2O3S. The maximum atomic E-state index is 10.8. The summed E-state index contributed by atoms with van der Waals surface area (Å²) in [5, 5.41) is 5.14. The van der Waals surface area contributed by atoms with Crippen LogP contribution in [0.3, 0.4) is 0 Å². The first-order chi connectivity index (χ1) is 18.8. The van der Waals surface area contributed by atoms with Gasteiger partial charge in [0.05, 0.1) is 21.2 Å². The molecule has 2 heterocycles. The predicted molar refractivity (Wildman–Crippen MR) is 166 cm³/mol. The number of rotatable bonds is 5. The second kappa shape index (κ2) is 10.2. The van der Waals surface area contributed by atoms with Crippen LogP contribution in [0.15, 0.2) is 77.8 Å². The Balaban J connectivity index is 0.000000174. The minimum absolute atomic E-state index is 0.0657. The number of benzene rings is 4. The zero-order chi connectivity index (χ0) is 28.9. The van der Waals surface area contributed by atoms with Crippen LogP contribution in [0.4, 0.5) is 11.4 Å². The average molecular weight is 555 g/mol. The van der Waals surface area contributed by atoms with E-state index < -0.39 is 10.1 Å². The third-order valence-electron chi connectivity index (χ3n) is 8.88. The predicted octanol–water partition coefficient (Wildman–Crippen LogP) is 7.78. The Morgan fingerprint density at radius 1 is 0.750 bits per heavy atom. The summed E-state index contributed by atoms with van der Waals surface area (Å²) in [4.78, 5) is 4.67. The van der Waals surface area contributed by atoms with Crippen LogP contribution in [0.2, 0.25) is 0 Å². The maximum Gasteiger partial charge on any atom is 0.210 e. The zero-order valence-electron chi connectivity index (χ0n) is 24.3. The summed E-state index contributed by atoms with van der Waals surface area (Å²) < 4.78 is 34.6. The van der Waals surface area contributed by atoms with Gasteiger partial charge in [-0.2, -0.15) is 4.58 Å². The van der Waals surface area contributed by atoms with Crippen molar-refractivity contribution in [1.82, 2.24) is 0 Å². The molecule has 0 aromatic heterocycles. The van der Waals surface area contributed by atoms with Crippen molar-refractivity contribution in [3.05, 3.63) is 83.9 Å². The van der Waals surface area contributed by atoms with Crippen LogP contribution in [-0.4, -0.2) is 41.3 Å². The fourth-order valence-corrected chi connectivity index (χ4v) is 6.75. The van der Waals surface area contributed by atoms with Crippen molar-refractivity contribution in [3.63, 3.8) is 0 Å². The van der Waals surface area contributed by atoms with Gasteiger partial charge in [-0.15, -0.1) is 0 Å². The molecule has 0 aliphatic carbocycles. The standard InChI is InChI=1S/C19H23NO3S.C15H15N/c1-14-19(2,3)18-16-9-5-4-8-15(16)10-11-17(18)20(14)12-6-7-13-24(21,22)23;1-10-15(2,3)14-12-7-5-4-6-11(12)8-9-13(14)16-10/h4-5,8-11H,6-7,12-13H2,1-3H3;4-9H,1-3H3. The first-order valence-corrected chi connectivity index (χ1v) is 15.6. The highest BCUT2D eigenvalue weighted by Crippen LogP contribution is 2.45. The normalized spacial score (nSPS) is 16.9. The minimum Gasteiger partial charge on any atom is -0.748 e. The average Bonchev–Trinajstić information content (AvgIpc) is 3.26. The van der Waals surface area contributed by atoms with Crippen LogP contribution in [0, 0.1) is 0 Å². The van der Waals surface area contributed by atoms with Crippen LogP contribution >= 0.6 is 0 Å². The van der Waals surface area contributed by atoms with E-state index in [1.54, 1.807) is 0 Å². The van der Waals surface area contributed by atoms with Crippen molar-refractivity contribution in [2.24, 2.45) is 4.99 Å². The van der Waals surface area contributed by atoms with E-state index >= 15 is 0 Å². The molecule has 0 saturated carbocycles. The van der Waals surface area contributed by atoms with Crippen molar-refractivity contribution in [3.8, 4) is 0 Å². The fourth-order valence-electron chi connectivity index (χ4n) is 6.19. The number of hydrogen-bond donors (Lipinski definition) is 0.